The van der Waals surface area contributed by atoms with Crippen molar-refractivity contribution in [1.29, 1.82) is 0 Å². The molecule has 0 heterocycles. The zero-order chi connectivity index (χ0) is 12.6. The molecule has 0 aromatic rings. The van der Waals surface area contributed by atoms with Crippen molar-refractivity contribution in [3.05, 3.63) is 23.8 Å². The maximum absolute atomic E-state index is 11.3. The van der Waals surface area contributed by atoms with Gasteiger partial charge in [0.2, 0.25) is 0 Å². The highest BCUT2D eigenvalue weighted by Gasteiger charge is 2.48. The lowest BCUT2D eigenvalue weighted by Crippen LogP contribution is -2.44. The van der Waals surface area contributed by atoms with Crippen molar-refractivity contribution in [1.82, 2.24) is 0 Å². The highest BCUT2D eigenvalue weighted by molar-refractivity contribution is 5.82. The Labute approximate surface area is 103 Å². The molecule has 0 aliphatic heterocycles. The molecule has 0 amide bonds. The highest BCUT2D eigenvalue weighted by atomic mass is 16.1. The third kappa shape index (κ3) is 1.70. The molecule has 2 nitrogen and oxygen atoms in total. The molecule has 0 spiro atoms. The van der Waals surface area contributed by atoms with Crippen molar-refractivity contribution in [2.75, 3.05) is 0 Å². The summed E-state index contributed by atoms with van der Waals surface area (Å²) in [6.07, 6.45) is 6.67. The molecule has 0 aromatic heterocycles. The van der Waals surface area contributed by atoms with Gasteiger partial charge in [-0.05, 0) is 42.1 Å². The van der Waals surface area contributed by atoms with Gasteiger partial charge in [0.05, 0.1) is 0 Å². The summed E-state index contributed by atoms with van der Waals surface area (Å²) < 4.78 is 0. The molecule has 1 saturated carbocycles. The first-order valence-electron chi connectivity index (χ1n) is 6.33. The number of aldehydes is 2. The fourth-order valence-electron chi connectivity index (χ4n) is 3.56. The maximum Gasteiger partial charge on any atom is 0.146 e. The van der Waals surface area contributed by atoms with Crippen LogP contribution in [-0.4, -0.2) is 12.6 Å². The van der Waals surface area contributed by atoms with Crippen LogP contribution in [0.5, 0.6) is 0 Å². The second kappa shape index (κ2) is 4.25. The molecule has 0 bridgehead atoms. The van der Waals surface area contributed by atoms with Crippen LogP contribution in [-0.2, 0) is 9.59 Å². The topological polar surface area (TPSA) is 34.1 Å². The van der Waals surface area contributed by atoms with Gasteiger partial charge in [0, 0.05) is 5.92 Å². The van der Waals surface area contributed by atoms with Crippen LogP contribution in [0.15, 0.2) is 23.8 Å². The van der Waals surface area contributed by atoms with Gasteiger partial charge in [-0.25, -0.2) is 0 Å². The number of carbonyl (C=O) groups excluding carboxylic acids is 2. The molecule has 0 N–H and O–H groups in total. The molecule has 4 atom stereocenters. The summed E-state index contributed by atoms with van der Waals surface area (Å²) in [5, 5.41) is 0. The standard InChI is InChI=1S/C15H20O2/c1-10-6-7-15(3)13(11(10)2)5-4-12(8-16)14(15)9-17/h4,8-10,13-14H,2,5-7H2,1,3H3/t10-,13-,14-,15-/m0/s1. The summed E-state index contributed by atoms with van der Waals surface area (Å²) in [5.41, 5.74) is 1.82. The Kier molecular flexibility index (Phi) is 3.07. The van der Waals surface area contributed by atoms with E-state index in [1.165, 1.54) is 5.57 Å². The fourth-order valence-corrected chi connectivity index (χ4v) is 3.56. The molecule has 2 heteroatoms. The van der Waals surface area contributed by atoms with E-state index in [0.717, 1.165) is 31.8 Å². The van der Waals surface area contributed by atoms with E-state index < -0.39 is 0 Å². The van der Waals surface area contributed by atoms with Crippen LogP contribution < -0.4 is 0 Å². The Morgan fingerprint density at radius 1 is 1.47 bits per heavy atom. The summed E-state index contributed by atoms with van der Waals surface area (Å²) in [4.78, 5) is 22.4. The number of rotatable bonds is 2. The molecule has 0 saturated heterocycles. The van der Waals surface area contributed by atoms with Crippen LogP contribution in [0, 0.1) is 23.2 Å². The second-order valence-corrected chi connectivity index (χ2v) is 5.74. The van der Waals surface area contributed by atoms with E-state index in [1.54, 1.807) is 0 Å². The van der Waals surface area contributed by atoms with E-state index in [9.17, 15) is 9.59 Å². The molecular formula is C15H20O2. The number of hydrogen-bond donors (Lipinski definition) is 0. The van der Waals surface area contributed by atoms with Crippen molar-refractivity contribution in [3.63, 3.8) is 0 Å². The van der Waals surface area contributed by atoms with Crippen LogP contribution >= 0.6 is 0 Å². The minimum Gasteiger partial charge on any atom is -0.303 e. The van der Waals surface area contributed by atoms with Gasteiger partial charge in [0.1, 0.15) is 12.6 Å². The summed E-state index contributed by atoms with van der Waals surface area (Å²) in [7, 11) is 0. The Hall–Kier alpha value is -1.18. The number of carbonyl (C=O) groups is 2. The summed E-state index contributed by atoms with van der Waals surface area (Å²) >= 11 is 0. The predicted molar refractivity (Wildman–Crippen MR) is 67.5 cm³/mol. The van der Waals surface area contributed by atoms with Crippen LogP contribution in [0.4, 0.5) is 0 Å². The average molecular weight is 232 g/mol. The van der Waals surface area contributed by atoms with Crippen molar-refractivity contribution >= 4 is 12.6 Å². The maximum atomic E-state index is 11.3. The van der Waals surface area contributed by atoms with Gasteiger partial charge < -0.3 is 4.79 Å². The zero-order valence-electron chi connectivity index (χ0n) is 10.6. The lowest BCUT2D eigenvalue weighted by atomic mass is 9.53. The third-order valence-corrected chi connectivity index (χ3v) is 4.92. The monoisotopic (exact) mass is 232 g/mol. The molecule has 2 aliphatic rings. The van der Waals surface area contributed by atoms with Crippen molar-refractivity contribution < 1.29 is 9.59 Å². The Balaban J connectivity index is 2.43. The van der Waals surface area contributed by atoms with Crippen molar-refractivity contribution in [2.24, 2.45) is 23.2 Å². The van der Waals surface area contributed by atoms with Gasteiger partial charge in [0.15, 0.2) is 0 Å². The Bertz CT molecular complexity index is 394. The van der Waals surface area contributed by atoms with E-state index in [1.807, 2.05) is 6.08 Å². The van der Waals surface area contributed by atoms with Gasteiger partial charge in [0.25, 0.3) is 0 Å². The lowest BCUT2D eigenvalue weighted by molar-refractivity contribution is -0.117. The zero-order valence-corrected chi connectivity index (χ0v) is 10.6. The van der Waals surface area contributed by atoms with Crippen LogP contribution in [0.25, 0.3) is 0 Å². The van der Waals surface area contributed by atoms with Gasteiger partial charge in [-0.3, -0.25) is 4.79 Å². The second-order valence-electron chi connectivity index (χ2n) is 5.74. The minimum absolute atomic E-state index is 0.101. The van der Waals surface area contributed by atoms with E-state index in [-0.39, 0.29) is 11.3 Å². The quantitative estimate of drug-likeness (QED) is 0.542. The van der Waals surface area contributed by atoms with E-state index in [2.05, 4.69) is 20.4 Å². The fraction of sp³-hybridized carbons (Fsp3) is 0.600. The van der Waals surface area contributed by atoms with Crippen LogP contribution in [0.2, 0.25) is 0 Å². The van der Waals surface area contributed by atoms with Gasteiger partial charge in [-0.15, -0.1) is 0 Å². The predicted octanol–water partition coefficient (Wildman–Crippen LogP) is 2.94. The van der Waals surface area contributed by atoms with Crippen molar-refractivity contribution in [3.8, 4) is 0 Å². The Morgan fingerprint density at radius 2 is 2.18 bits per heavy atom. The molecule has 0 radical (unpaired) electrons. The Morgan fingerprint density at radius 3 is 2.76 bits per heavy atom. The smallest absolute Gasteiger partial charge is 0.146 e. The van der Waals surface area contributed by atoms with E-state index in [0.29, 0.717) is 17.4 Å². The molecule has 1 fully saturated rings. The molecule has 0 aromatic carbocycles. The number of hydrogen-bond acceptors (Lipinski definition) is 2. The van der Waals surface area contributed by atoms with Crippen LogP contribution in [0.3, 0.4) is 0 Å². The van der Waals surface area contributed by atoms with Gasteiger partial charge >= 0.3 is 0 Å². The van der Waals surface area contributed by atoms with Crippen LogP contribution in [0.1, 0.15) is 33.1 Å². The first kappa shape index (κ1) is 12.3. The van der Waals surface area contributed by atoms with E-state index in [4.69, 9.17) is 0 Å². The largest absolute Gasteiger partial charge is 0.303 e. The number of fused-ring (bicyclic) bond motifs is 1. The first-order chi connectivity index (χ1) is 8.04. The number of allylic oxidation sites excluding steroid dienone is 3. The SMILES string of the molecule is C=C1[C@@H](C)CC[C@]2(C)[C@@H](C=O)C(C=O)=CC[C@@H]12. The molecule has 2 aliphatic carbocycles. The average Bonchev–Trinajstić information content (AvgIpc) is 2.33. The van der Waals surface area contributed by atoms with Gasteiger partial charge in [-0.1, -0.05) is 32.1 Å². The molecule has 17 heavy (non-hydrogen) atoms. The molecule has 0 unspecified atom stereocenters. The summed E-state index contributed by atoms with van der Waals surface area (Å²) in [5.74, 6) is 0.639. The minimum atomic E-state index is -0.247. The van der Waals surface area contributed by atoms with E-state index >= 15 is 0 Å². The lowest BCUT2D eigenvalue weighted by Gasteiger charge is -2.50. The first-order valence-corrected chi connectivity index (χ1v) is 6.33. The summed E-state index contributed by atoms with van der Waals surface area (Å²) in [6, 6.07) is 0. The highest BCUT2D eigenvalue weighted by Crippen LogP contribution is 2.55. The van der Waals surface area contributed by atoms with Crippen molar-refractivity contribution in [2.45, 2.75) is 33.1 Å². The van der Waals surface area contributed by atoms with Gasteiger partial charge in [-0.2, -0.15) is 0 Å². The molecular weight excluding hydrogens is 212 g/mol. The molecule has 92 valence electrons. The molecule has 2 rings (SSSR count). The third-order valence-electron chi connectivity index (χ3n) is 4.92. The normalized spacial score (nSPS) is 41.4. The summed E-state index contributed by atoms with van der Waals surface area (Å²) in [6.45, 7) is 8.56.